The van der Waals surface area contributed by atoms with Gasteiger partial charge in [-0.15, -0.1) is 35.3 Å². The van der Waals surface area contributed by atoms with Gasteiger partial charge in [-0.3, -0.25) is 4.79 Å². The van der Waals surface area contributed by atoms with Crippen LogP contribution in [0.25, 0.3) is 0 Å². The number of hydrogen-bond acceptors (Lipinski definition) is 4. The van der Waals surface area contributed by atoms with Crippen LogP contribution in [0.3, 0.4) is 0 Å². The lowest BCUT2D eigenvalue weighted by atomic mass is 10.3. The molecule has 1 aromatic rings. The number of hydrogen-bond donors (Lipinski definition) is 3. The van der Waals surface area contributed by atoms with E-state index in [-0.39, 0.29) is 36.4 Å². The van der Waals surface area contributed by atoms with Gasteiger partial charge in [-0.2, -0.15) is 0 Å². The second-order valence-electron chi connectivity index (χ2n) is 4.58. The molecule has 0 spiro atoms. The SMILES string of the molecule is CCCNC(=O)CN=C(NCC)NCCc1csc(C)n1.I. The number of guanidine groups is 1. The second kappa shape index (κ2) is 12.6. The minimum Gasteiger partial charge on any atom is -0.357 e. The third kappa shape index (κ3) is 9.19. The van der Waals surface area contributed by atoms with Crippen LogP contribution in [0, 0.1) is 6.92 Å². The van der Waals surface area contributed by atoms with Crippen LogP contribution in [-0.2, 0) is 11.2 Å². The number of aromatic nitrogens is 1. The van der Waals surface area contributed by atoms with Gasteiger partial charge in [0.15, 0.2) is 5.96 Å². The summed E-state index contributed by atoms with van der Waals surface area (Å²) in [5.41, 5.74) is 1.08. The first-order chi connectivity index (χ1) is 10.2. The summed E-state index contributed by atoms with van der Waals surface area (Å²) in [6.45, 7) is 8.37. The van der Waals surface area contributed by atoms with E-state index in [9.17, 15) is 4.79 Å². The van der Waals surface area contributed by atoms with Crippen molar-refractivity contribution in [3.63, 3.8) is 0 Å². The van der Waals surface area contributed by atoms with Crippen molar-refractivity contribution in [1.29, 1.82) is 0 Å². The average molecular weight is 439 g/mol. The van der Waals surface area contributed by atoms with Gasteiger partial charge in [0.05, 0.1) is 10.7 Å². The highest BCUT2D eigenvalue weighted by Gasteiger charge is 2.02. The molecule has 126 valence electrons. The van der Waals surface area contributed by atoms with E-state index in [2.05, 4.69) is 31.3 Å². The highest BCUT2D eigenvalue weighted by molar-refractivity contribution is 14.0. The van der Waals surface area contributed by atoms with E-state index < -0.39 is 0 Å². The van der Waals surface area contributed by atoms with Gasteiger partial charge in [-0.25, -0.2) is 9.98 Å². The highest BCUT2D eigenvalue weighted by atomic mass is 127. The van der Waals surface area contributed by atoms with Crippen molar-refractivity contribution in [3.05, 3.63) is 16.1 Å². The van der Waals surface area contributed by atoms with Crippen molar-refractivity contribution in [3.8, 4) is 0 Å². The number of thiazole rings is 1. The molecule has 8 heteroatoms. The summed E-state index contributed by atoms with van der Waals surface area (Å²) in [5, 5.41) is 12.3. The molecule has 1 rings (SSSR count). The van der Waals surface area contributed by atoms with Crippen LogP contribution in [-0.4, -0.2) is 43.0 Å². The lowest BCUT2D eigenvalue weighted by molar-refractivity contribution is -0.119. The van der Waals surface area contributed by atoms with Crippen LogP contribution >= 0.6 is 35.3 Å². The van der Waals surface area contributed by atoms with Crippen LogP contribution in [0.15, 0.2) is 10.4 Å². The van der Waals surface area contributed by atoms with Gasteiger partial charge in [-0.05, 0) is 20.3 Å². The monoisotopic (exact) mass is 439 g/mol. The zero-order valence-corrected chi connectivity index (χ0v) is 16.6. The normalized spacial score (nSPS) is 10.8. The summed E-state index contributed by atoms with van der Waals surface area (Å²) >= 11 is 1.66. The molecular formula is C14H26IN5OS. The summed E-state index contributed by atoms with van der Waals surface area (Å²) in [6.07, 6.45) is 1.78. The first-order valence-electron chi connectivity index (χ1n) is 7.35. The fraction of sp³-hybridized carbons (Fsp3) is 0.643. The zero-order valence-electron chi connectivity index (χ0n) is 13.4. The molecule has 0 saturated heterocycles. The number of nitrogens with zero attached hydrogens (tertiary/aromatic N) is 2. The fourth-order valence-corrected chi connectivity index (χ4v) is 2.29. The summed E-state index contributed by atoms with van der Waals surface area (Å²) in [6, 6.07) is 0. The Balaban J connectivity index is 0.00000441. The molecule has 0 atom stereocenters. The first-order valence-corrected chi connectivity index (χ1v) is 8.23. The largest absolute Gasteiger partial charge is 0.357 e. The van der Waals surface area contributed by atoms with Crippen molar-refractivity contribution < 1.29 is 4.79 Å². The number of carbonyl (C=O) groups is 1. The Kier molecular flexibility index (Phi) is 12.1. The highest BCUT2D eigenvalue weighted by Crippen LogP contribution is 2.07. The summed E-state index contributed by atoms with van der Waals surface area (Å²) in [4.78, 5) is 20.2. The number of nitrogens with one attached hydrogen (secondary N) is 3. The van der Waals surface area contributed by atoms with Crippen LogP contribution in [0.5, 0.6) is 0 Å². The first kappa shape index (κ1) is 21.1. The molecule has 0 saturated carbocycles. The maximum atomic E-state index is 11.5. The summed E-state index contributed by atoms with van der Waals surface area (Å²) < 4.78 is 0. The molecule has 0 radical (unpaired) electrons. The molecule has 6 nitrogen and oxygen atoms in total. The Morgan fingerprint density at radius 2 is 2.05 bits per heavy atom. The van der Waals surface area contributed by atoms with Crippen LogP contribution < -0.4 is 16.0 Å². The Labute approximate surface area is 153 Å². The molecule has 0 aliphatic heterocycles. The van der Waals surface area contributed by atoms with E-state index in [1.54, 1.807) is 11.3 Å². The van der Waals surface area contributed by atoms with E-state index >= 15 is 0 Å². The van der Waals surface area contributed by atoms with E-state index in [4.69, 9.17) is 0 Å². The molecule has 0 bridgehead atoms. The third-order valence-corrected chi connectivity index (χ3v) is 3.46. The number of halogens is 1. The van der Waals surface area contributed by atoms with Crippen molar-refractivity contribution in [2.75, 3.05) is 26.2 Å². The average Bonchev–Trinajstić information content (AvgIpc) is 2.88. The molecule has 0 aliphatic carbocycles. The Morgan fingerprint density at radius 3 is 2.64 bits per heavy atom. The van der Waals surface area contributed by atoms with Gasteiger partial charge < -0.3 is 16.0 Å². The lowest BCUT2D eigenvalue weighted by Crippen LogP contribution is -2.39. The summed E-state index contributed by atoms with van der Waals surface area (Å²) in [7, 11) is 0. The molecular weight excluding hydrogens is 413 g/mol. The van der Waals surface area contributed by atoms with E-state index in [0.717, 1.165) is 36.6 Å². The van der Waals surface area contributed by atoms with Gasteiger partial charge in [0, 0.05) is 31.4 Å². The molecule has 0 fully saturated rings. The van der Waals surface area contributed by atoms with Gasteiger partial charge in [0.2, 0.25) is 5.91 Å². The predicted molar refractivity (Wildman–Crippen MR) is 103 cm³/mol. The van der Waals surface area contributed by atoms with Gasteiger partial charge >= 0.3 is 0 Å². The standard InChI is InChI=1S/C14H25N5OS.HI/c1-4-7-16-13(20)9-18-14(15-5-2)17-8-6-12-10-21-11(3)19-12;/h10H,4-9H2,1-3H3,(H,16,20)(H2,15,17,18);1H. The minimum absolute atomic E-state index is 0. The number of amides is 1. The second-order valence-corrected chi connectivity index (χ2v) is 5.64. The van der Waals surface area contributed by atoms with Gasteiger partial charge in [-0.1, -0.05) is 6.92 Å². The molecule has 0 unspecified atom stereocenters. The predicted octanol–water partition coefficient (Wildman–Crippen LogP) is 1.69. The number of carbonyl (C=O) groups excluding carboxylic acids is 1. The number of aryl methyl sites for hydroxylation is 1. The molecule has 22 heavy (non-hydrogen) atoms. The van der Waals surface area contributed by atoms with E-state index in [1.807, 2.05) is 20.8 Å². The molecule has 1 amide bonds. The maximum absolute atomic E-state index is 11.5. The van der Waals surface area contributed by atoms with Gasteiger partial charge in [0.25, 0.3) is 0 Å². The topological polar surface area (TPSA) is 78.4 Å². The molecule has 0 aromatic carbocycles. The Morgan fingerprint density at radius 1 is 1.27 bits per heavy atom. The van der Waals surface area contributed by atoms with Crippen molar-refractivity contribution in [1.82, 2.24) is 20.9 Å². The minimum atomic E-state index is -0.0517. The molecule has 1 aromatic heterocycles. The van der Waals surface area contributed by atoms with Crippen molar-refractivity contribution in [2.45, 2.75) is 33.6 Å². The maximum Gasteiger partial charge on any atom is 0.241 e. The molecule has 1 heterocycles. The molecule has 3 N–H and O–H groups in total. The zero-order chi connectivity index (χ0) is 15.5. The van der Waals surface area contributed by atoms with Gasteiger partial charge in [0.1, 0.15) is 6.54 Å². The number of rotatable bonds is 8. The third-order valence-electron chi connectivity index (χ3n) is 2.64. The lowest BCUT2D eigenvalue weighted by Gasteiger charge is -2.10. The summed E-state index contributed by atoms with van der Waals surface area (Å²) in [5.74, 6) is 0.611. The fourth-order valence-electron chi connectivity index (χ4n) is 1.64. The number of aliphatic imine (C=N–C) groups is 1. The van der Waals surface area contributed by atoms with E-state index in [0.29, 0.717) is 12.5 Å². The Bertz CT molecular complexity index is 464. The smallest absolute Gasteiger partial charge is 0.241 e. The molecule has 0 aliphatic rings. The van der Waals surface area contributed by atoms with Crippen LogP contribution in [0.2, 0.25) is 0 Å². The Hall–Kier alpha value is -0.900. The van der Waals surface area contributed by atoms with Crippen molar-refractivity contribution >= 4 is 47.2 Å². The van der Waals surface area contributed by atoms with Crippen LogP contribution in [0.1, 0.15) is 31.0 Å². The van der Waals surface area contributed by atoms with Crippen LogP contribution in [0.4, 0.5) is 0 Å². The quantitative estimate of drug-likeness (QED) is 0.327. The van der Waals surface area contributed by atoms with Crippen molar-refractivity contribution in [2.24, 2.45) is 4.99 Å². The van der Waals surface area contributed by atoms with E-state index in [1.165, 1.54) is 0 Å².